The second-order valence-corrected chi connectivity index (χ2v) is 9.69. The van der Waals surface area contributed by atoms with Crippen molar-refractivity contribution in [1.82, 2.24) is 0 Å². The van der Waals surface area contributed by atoms with Crippen LogP contribution in [0, 0.1) is 0 Å². The molecule has 0 saturated heterocycles. The molecule has 0 N–H and O–H groups in total. The van der Waals surface area contributed by atoms with Gasteiger partial charge in [0.15, 0.2) is 8.07 Å². The van der Waals surface area contributed by atoms with Gasteiger partial charge in [-0.15, -0.1) is 0 Å². The standard InChI is InChI=1S/C20H17F3Si/c21-20(22,23)16-24(17-10-4-1-5-11-17,18-12-6-2-7-13-18)19-14-8-3-9-15-19/h1-15H,16H2. The molecule has 0 amide bonds. The summed E-state index contributed by atoms with van der Waals surface area (Å²) in [4.78, 5) is 0. The van der Waals surface area contributed by atoms with Gasteiger partial charge in [0.1, 0.15) is 0 Å². The molecule has 4 heteroatoms. The van der Waals surface area contributed by atoms with Crippen LogP contribution in [-0.2, 0) is 0 Å². The maximum atomic E-state index is 13.6. The molecule has 3 aromatic rings. The van der Waals surface area contributed by atoms with Gasteiger partial charge in [-0.05, 0) is 15.6 Å². The molecular weight excluding hydrogens is 325 g/mol. The van der Waals surface area contributed by atoms with E-state index in [1.54, 1.807) is 0 Å². The van der Waals surface area contributed by atoms with E-state index in [0.717, 1.165) is 15.6 Å². The van der Waals surface area contributed by atoms with Crippen molar-refractivity contribution in [2.75, 3.05) is 0 Å². The lowest BCUT2D eigenvalue weighted by Gasteiger charge is -2.34. The number of rotatable bonds is 4. The van der Waals surface area contributed by atoms with Crippen molar-refractivity contribution in [3.8, 4) is 0 Å². The van der Waals surface area contributed by atoms with E-state index in [-0.39, 0.29) is 0 Å². The predicted octanol–water partition coefficient (Wildman–Crippen LogP) is 3.72. The van der Waals surface area contributed by atoms with Crippen molar-refractivity contribution in [3.05, 3.63) is 91.0 Å². The molecule has 0 aliphatic heterocycles. The minimum atomic E-state index is -4.24. The molecule has 0 fully saturated rings. The summed E-state index contributed by atoms with van der Waals surface area (Å²) in [7, 11) is -3.18. The fourth-order valence-electron chi connectivity index (χ4n) is 3.27. The highest BCUT2D eigenvalue weighted by Crippen LogP contribution is 2.28. The number of benzene rings is 3. The highest BCUT2D eigenvalue weighted by atomic mass is 28.3. The third kappa shape index (κ3) is 3.29. The van der Waals surface area contributed by atoms with Crippen molar-refractivity contribution in [1.29, 1.82) is 0 Å². The Labute approximate surface area is 140 Å². The number of halogens is 3. The Bertz CT molecular complexity index is 672. The fourth-order valence-corrected chi connectivity index (χ4v) is 7.77. The molecule has 0 nitrogen and oxygen atoms in total. The molecule has 122 valence electrons. The lowest BCUT2D eigenvalue weighted by Crippen LogP contribution is -2.68. The van der Waals surface area contributed by atoms with Gasteiger partial charge >= 0.3 is 6.18 Å². The van der Waals surface area contributed by atoms with E-state index in [9.17, 15) is 13.2 Å². The average molecular weight is 342 g/mol. The summed E-state index contributed by atoms with van der Waals surface area (Å²) in [5.74, 6) is 0. The van der Waals surface area contributed by atoms with Crippen LogP contribution in [0.3, 0.4) is 0 Å². The van der Waals surface area contributed by atoms with Gasteiger partial charge in [0.2, 0.25) is 0 Å². The van der Waals surface area contributed by atoms with Crippen LogP contribution in [0.5, 0.6) is 0 Å². The summed E-state index contributed by atoms with van der Waals surface area (Å²) in [5.41, 5.74) is 0. The number of hydrogen-bond acceptors (Lipinski definition) is 0. The van der Waals surface area contributed by atoms with E-state index in [1.807, 2.05) is 91.0 Å². The molecule has 24 heavy (non-hydrogen) atoms. The zero-order valence-corrected chi connectivity index (χ0v) is 14.0. The first-order chi connectivity index (χ1) is 11.5. The normalized spacial score (nSPS) is 12.1. The van der Waals surface area contributed by atoms with Crippen LogP contribution in [0.2, 0.25) is 6.04 Å². The van der Waals surface area contributed by atoms with E-state index in [0.29, 0.717) is 0 Å². The maximum absolute atomic E-state index is 13.6. The summed E-state index contributed by atoms with van der Waals surface area (Å²) >= 11 is 0. The summed E-state index contributed by atoms with van der Waals surface area (Å²) in [6.07, 6.45) is -4.24. The van der Waals surface area contributed by atoms with Gasteiger partial charge in [-0.1, -0.05) is 91.0 Å². The van der Waals surface area contributed by atoms with Gasteiger partial charge in [-0.3, -0.25) is 0 Å². The van der Waals surface area contributed by atoms with Crippen LogP contribution in [0.25, 0.3) is 0 Å². The van der Waals surface area contributed by atoms with Gasteiger partial charge < -0.3 is 0 Å². The monoisotopic (exact) mass is 342 g/mol. The fraction of sp³-hybridized carbons (Fsp3) is 0.100. The van der Waals surface area contributed by atoms with Crippen molar-refractivity contribution in [2.45, 2.75) is 12.2 Å². The van der Waals surface area contributed by atoms with Crippen LogP contribution in [0.4, 0.5) is 13.2 Å². The van der Waals surface area contributed by atoms with Gasteiger partial charge in [0, 0.05) is 0 Å². The highest BCUT2D eigenvalue weighted by Gasteiger charge is 2.48. The van der Waals surface area contributed by atoms with Crippen molar-refractivity contribution < 1.29 is 13.2 Å². The Hall–Kier alpha value is -2.33. The van der Waals surface area contributed by atoms with E-state index in [4.69, 9.17) is 0 Å². The number of alkyl halides is 3. The molecule has 0 aliphatic rings. The predicted molar refractivity (Wildman–Crippen MR) is 94.8 cm³/mol. The molecule has 0 spiro atoms. The minimum Gasteiger partial charge on any atom is -0.171 e. The van der Waals surface area contributed by atoms with E-state index >= 15 is 0 Å². The Morgan fingerprint density at radius 2 is 0.833 bits per heavy atom. The molecule has 0 unspecified atom stereocenters. The topological polar surface area (TPSA) is 0 Å². The zero-order valence-electron chi connectivity index (χ0n) is 13.0. The Morgan fingerprint density at radius 3 is 1.08 bits per heavy atom. The smallest absolute Gasteiger partial charge is 0.171 e. The summed E-state index contributed by atoms with van der Waals surface area (Å²) in [6, 6.07) is 26.6. The lowest BCUT2D eigenvalue weighted by atomic mass is 10.3. The molecule has 3 rings (SSSR count). The van der Waals surface area contributed by atoms with Gasteiger partial charge in [0.25, 0.3) is 0 Å². The largest absolute Gasteiger partial charge is 0.387 e. The minimum absolute atomic E-state index is 0.778. The first-order valence-electron chi connectivity index (χ1n) is 7.76. The average Bonchev–Trinajstić information content (AvgIpc) is 2.61. The Kier molecular flexibility index (Phi) is 4.58. The lowest BCUT2D eigenvalue weighted by molar-refractivity contribution is -0.110. The molecular formula is C20H17F3Si. The third-order valence-electron chi connectivity index (χ3n) is 4.27. The van der Waals surface area contributed by atoms with E-state index < -0.39 is 20.3 Å². The molecule has 0 heterocycles. The third-order valence-corrected chi connectivity index (χ3v) is 9.15. The van der Waals surface area contributed by atoms with Crippen molar-refractivity contribution in [3.63, 3.8) is 0 Å². The second kappa shape index (κ2) is 6.65. The number of hydrogen-bond donors (Lipinski definition) is 0. The van der Waals surface area contributed by atoms with Crippen LogP contribution >= 0.6 is 0 Å². The van der Waals surface area contributed by atoms with Crippen LogP contribution < -0.4 is 15.6 Å². The first kappa shape index (κ1) is 16.5. The van der Waals surface area contributed by atoms with Crippen LogP contribution in [-0.4, -0.2) is 14.3 Å². The van der Waals surface area contributed by atoms with E-state index in [2.05, 4.69) is 0 Å². The Balaban J connectivity index is 2.33. The maximum Gasteiger partial charge on any atom is 0.387 e. The molecule has 0 aliphatic carbocycles. The molecule has 0 atom stereocenters. The Morgan fingerprint density at radius 1 is 0.542 bits per heavy atom. The van der Waals surface area contributed by atoms with E-state index in [1.165, 1.54) is 0 Å². The van der Waals surface area contributed by atoms with Crippen LogP contribution in [0.15, 0.2) is 91.0 Å². The first-order valence-corrected chi connectivity index (χ1v) is 9.96. The van der Waals surface area contributed by atoms with Crippen LogP contribution in [0.1, 0.15) is 0 Å². The molecule has 0 aromatic heterocycles. The van der Waals surface area contributed by atoms with Gasteiger partial charge in [-0.25, -0.2) is 0 Å². The second-order valence-electron chi connectivity index (χ2n) is 5.80. The molecule has 3 aromatic carbocycles. The highest BCUT2D eigenvalue weighted by molar-refractivity contribution is 7.11. The van der Waals surface area contributed by atoms with Gasteiger partial charge in [-0.2, -0.15) is 13.2 Å². The summed E-state index contributed by atoms with van der Waals surface area (Å²) in [6.45, 7) is 0. The SMILES string of the molecule is FC(F)(F)C[Si](c1ccccc1)(c1ccccc1)c1ccccc1. The van der Waals surface area contributed by atoms with Crippen molar-refractivity contribution >= 4 is 23.6 Å². The van der Waals surface area contributed by atoms with Crippen molar-refractivity contribution in [2.24, 2.45) is 0 Å². The molecule has 0 bridgehead atoms. The quantitative estimate of drug-likeness (QED) is 0.501. The summed E-state index contributed by atoms with van der Waals surface area (Å²) < 4.78 is 40.9. The molecule has 0 saturated carbocycles. The molecule has 0 radical (unpaired) electrons. The van der Waals surface area contributed by atoms with Gasteiger partial charge in [0.05, 0.1) is 6.04 Å². The summed E-state index contributed by atoms with van der Waals surface area (Å²) in [5, 5.41) is 2.33. The zero-order chi connectivity index (χ0) is 17.0.